The minimum atomic E-state index is -2.53. The standard InChI is InChI=1S/C13H8BrClF2/c14-9-3-1-8(2-4-9)11-6-5-10(15)7-12(11)13(16)17/h1-7,13H. The van der Waals surface area contributed by atoms with Crippen LogP contribution in [0.2, 0.25) is 5.02 Å². The number of hydrogen-bond donors (Lipinski definition) is 0. The van der Waals surface area contributed by atoms with Gasteiger partial charge in [-0.2, -0.15) is 0 Å². The van der Waals surface area contributed by atoms with E-state index in [-0.39, 0.29) is 5.56 Å². The van der Waals surface area contributed by atoms with Gasteiger partial charge >= 0.3 is 0 Å². The summed E-state index contributed by atoms with van der Waals surface area (Å²) < 4.78 is 26.7. The summed E-state index contributed by atoms with van der Waals surface area (Å²) in [7, 11) is 0. The van der Waals surface area contributed by atoms with Gasteiger partial charge in [0, 0.05) is 15.1 Å². The Bertz CT molecular complexity index is 523. The van der Waals surface area contributed by atoms with Gasteiger partial charge in [0.15, 0.2) is 0 Å². The molecular weight excluding hydrogens is 309 g/mol. The van der Waals surface area contributed by atoms with Crippen molar-refractivity contribution in [2.75, 3.05) is 0 Å². The van der Waals surface area contributed by atoms with Gasteiger partial charge in [-0.15, -0.1) is 0 Å². The van der Waals surface area contributed by atoms with Gasteiger partial charge < -0.3 is 0 Å². The lowest BCUT2D eigenvalue weighted by Crippen LogP contribution is -1.90. The largest absolute Gasteiger partial charge is 0.264 e. The van der Waals surface area contributed by atoms with Crippen LogP contribution < -0.4 is 0 Å². The molecule has 17 heavy (non-hydrogen) atoms. The van der Waals surface area contributed by atoms with E-state index in [9.17, 15) is 8.78 Å². The molecule has 0 heterocycles. The molecule has 0 spiro atoms. The van der Waals surface area contributed by atoms with Crippen LogP contribution in [0.25, 0.3) is 11.1 Å². The average Bonchev–Trinajstić information content (AvgIpc) is 2.30. The van der Waals surface area contributed by atoms with E-state index in [0.717, 1.165) is 10.0 Å². The minimum Gasteiger partial charge on any atom is -0.205 e. The number of halogens is 4. The molecule has 0 amide bonds. The van der Waals surface area contributed by atoms with Gasteiger partial charge in [0.25, 0.3) is 6.43 Å². The van der Waals surface area contributed by atoms with Gasteiger partial charge in [-0.05, 0) is 35.4 Å². The number of rotatable bonds is 2. The minimum absolute atomic E-state index is 0.0418. The molecule has 0 fully saturated rings. The fourth-order valence-corrected chi connectivity index (χ4v) is 2.05. The first kappa shape index (κ1) is 12.5. The molecule has 0 aliphatic carbocycles. The molecule has 4 heteroatoms. The molecule has 88 valence electrons. The summed E-state index contributed by atoms with van der Waals surface area (Å²) in [6, 6.07) is 11.8. The molecule has 0 aliphatic heterocycles. The first-order chi connectivity index (χ1) is 8.08. The van der Waals surface area contributed by atoms with Crippen molar-refractivity contribution in [2.45, 2.75) is 6.43 Å². The normalized spacial score (nSPS) is 10.9. The third kappa shape index (κ3) is 2.85. The average molecular weight is 318 g/mol. The first-order valence-corrected chi connectivity index (χ1v) is 6.08. The maximum absolute atomic E-state index is 12.9. The fourth-order valence-electron chi connectivity index (χ4n) is 1.61. The molecule has 0 radical (unpaired) electrons. The van der Waals surface area contributed by atoms with Crippen LogP contribution >= 0.6 is 27.5 Å². The van der Waals surface area contributed by atoms with E-state index in [1.54, 1.807) is 24.3 Å². The Kier molecular flexibility index (Phi) is 3.79. The van der Waals surface area contributed by atoms with E-state index in [1.165, 1.54) is 6.07 Å². The van der Waals surface area contributed by atoms with Crippen molar-refractivity contribution >= 4 is 27.5 Å². The van der Waals surface area contributed by atoms with Crippen LogP contribution in [0.15, 0.2) is 46.9 Å². The van der Waals surface area contributed by atoms with Crippen molar-refractivity contribution in [3.05, 3.63) is 57.5 Å². The summed E-state index contributed by atoms with van der Waals surface area (Å²) in [6.07, 6.45) is -2.53. The topological polar surface area (TPSA) is 0 Å². The predicted molar refractivity (Wildman–Crippen MR) is 69.5 cm³/mol. The van der Waals surface area contributed by atoms with Crippen LogP contribution in [0.3, 0.4) is 0 Å². The van der Waals surface area contributed by atoms with Crippen molar-refractivity contribution in [2.24, 2.45) is 0 Å². The van der Waals surface area contributed by atoms with Crippen molar-refractivity contribution < 1.29 is 8.78 Å². The zero-order chi connectivity index (χ0) is 12.4. The third-order valence-electron chi connectivity index (χ3n) is 2.40. The molecule has 0 atom stereocenters. The second-order valence-corrected chi connectivity index (χ2v) is 4.89. The quantitative estimate of drug-likeness (QED) is 0.666. The lowest BCUT2D eigenvalue weighted by molar-refractivity contribution is 0.152. The fraction of sp³-hybridized carbons (Fsp3) is 0.0769. The van der Waals surface area contributed by atoms with Gasteiger partial charge in [0.05, 0.1) is 0 Å². The lowest BCUT2D eigenvalue weighted by Gasteiger charge is -2.09. The molecule has 0 aromatic heterocycles. The van der Waals surface area contributed by atoms with Crippen LogP contribution in [-0.4, -0.2) is 0 Å². The summed E-state index contributed by atoms with van der Waals surface area (Å²) in [5.41, 5.74) is 1.22. The Labute approximate surface area is 111 Å². The van der Waals surface area contributed by atoms with E-state index in [1.807, 2.05) is 12.1 Å². The molecule has 0 saturated carbocycles. The number of hydrogen-bond acceptors (Lipinski definition) is 0. The maximum Gasteiger partial charge on any atom is 0.264 e. The van der Waals surface area contributed by atoms with Gasteiger partial charge in [0.2, 0.25) is 0 Å². The highest BCUT2D eigenvalue weighted by Crippen LogP contribution is 2.33. The molecular formula is C13H8BrClF2. The molecule has 0 nitrogen and oxygen atoms in total. The Morgan fingerprint density at radius 3 is 2.24 bits per heavy atom. The molecule has 0 unspecified atom stereocenters. The molecule has 0 saturated heterocycles. The third-order valence-corrected chi connectivity index (χ3v) is 3.17. The Morgan fingerprint density at radius 1 is 1.00 bits per heavy atom. The molecule has 0 aliphatic rings. The van der Waals surface area contributed by atoms with Crippen LogP contribution in [0, 0.1) is 0 Å². The second-order valence-electron chi connectivity index (χ2n) is 3.54. The van der Waals surface area contributed by atoms with E-state index in [2.05, 4.69) is 15.9 Å². The van der Waals surface area contributed by atoms with Crippen LogP contribution in [0.1, 0.15) is 12.0 Å². The summed E-state index contributed by atoms with van der Waals surface area (Å²) in [5, 5.41) is 0.321. The van der Waals surface area contributed by atoms with Gasteiger partial charge in [-0.3, -0.25) is 0 Å². The number of benzene rings is 2. The smallest absolute Gasteiger partial charge is 0.205 e. The van der Waals surface area contributed by atoms with Crippen LogP contribution in [-0.2, 0) is 0 Å². The second kappa shape index (κ2) is 5.15. The Hall–Kier alpha value is -0.930. The summed E-state index contributed by atoms with van der Waals surface area (Å²) in [5.74, 6) is 0. The molecule has 2 aromatic rings. The van der Waals surface area contributed by atoms with Crippen molar-refractivity contribution in [1.29, 1.82) is 0 Å². The van der Waals surface area contributed by atoms with E-state index in [0.29, 0.717) is 10.6 Å². The van der Waals surface area contributed by atoms with E-state index >= 15 is 0 Å². The van der Waals surface area contributed by atoms with Crippen LogP contribution in [0.5, 0.6) is 0 Å². The monoisotopic (exact) mass is 316 g/mol. The lowest BCUT2D eigenvalue weighted by atomic mass is 10.00. The predicted octanol–water partition coefficient (Wildman–Crippen LogP) is 5.71. The zero-order valence-corrected chi connectivity index (χ0v) is 11.0. The Morgan fingerprint density at radius 2 is 1.65 bits per heavy atom. The zero-order valence-electron chi connectivity index (χ0n) is 8.63. The van der Waals surface area contributed by atoms with Crippen LogP contribution in [0.4, 0.5) is 8.78 Å². The maximum atomic E-state index is 12.9. The van der Waals surface area contributed by atoms with Gasteiger partial charge in [0.1, 0.15) is 0 Å². The summed E-state index contributed by atoms with van der Waals surface area (Å²) >= 11 is 9.04. The SMILES string of the molecule is FC(F)c1cc(Cl)ccc1-c1ccc(Br)cc1. The summed E-state index contributed by atoms with van der Waals surface area (Å²) in [4.78, 5) is 0. The van der Waals surface area contributed by atoms with Gasteiger partial charge in [-0.25, -0.2) is 8.78 Å². The highest BCUT2D eigenvalue weighted by Gasteiger charge is 2.14. The van der Waals surface area contributed by atoms with Crippen molar-refractivity contribution in [3.8, 4) is 11.1 Å². The van der Waals surface area contributed by atoms with Crippen molar-refractivity contribution in [1.82, 2.24) is 0 Å². The Balaban J connectivity index is 2.54. The van der Waals surface area contributed by atoms with Crippen molar-refractivity contribution in [3.63, 3.8) is 0 Å². The highest BCUT2D eigenvalue weighted by atomic mass is 79.9. The van der Waals surface area contributed by atoms with E-state index < -0.39 is 6.43 Å². The first-order valence-electron chi connectivity index (χ1n) is 4.91. The van der Waals surface area contributed by atoms with Gasteiger partial charge in [-0.1, -0.05) is 45.7 Å². The number of alkyl halides is 2. The molecule has 2 aromatic carbocycles. The molecule has 0 bridgehead atoms. The highest BCUT2D eigenvalue weighted by molar-refractivity contribution is 9.10. The molecule has 2 rings (SSSR count). The molecule has 0 N–H and O–H groups in total. The summed E-state index contributed by atoms with van der Waals surface area (Å²) in [6.45, 7) is 0. The van der Waals surface area contributed by atoms with E-state index in [4.69, 9.17) is 11.6 Å².